The Labute approximate surface area is 176 Å². The van der Waals surface area contributed by atoms with Crippen LogP contribution in [0.5, 0.6) is 5.75 Å². The van der Waals surface area contributed by atoms with Crippen LogP contribution in [0.1, 0.15) is 57.4 Å². The Morgan fingerprint density at radius 2 is 1.62 bits per heavy atom. The number of rotatable bonds is 12. The van der Waals surface area contributed by atoms with Crippen LogP contribution in [-0.4, -0.2) is 28.0 Å². The largest absolute Gasteiger partial charge is 0.494 e. The first-order chi connectivity index (χ1) is 14.3. The molecule has 0 fully saturated rings. The summed E-state index contributed by atoms with van der Waals surface area (Å²) in [5.41, 5.74) is 2.01. The molecule has 152 valence electrons. The van der Waals surface area contributed by atoms with Gasteiger partial charge in [0.05, 0.1) is 6.61 Å². The molecule has 0 atom stereocenters. The highest BCUT2D eigenvalue weighted by Crippen LogP contribution is 2.27. The summed E-state index contributed by atoms with van der Waals surface area (Å²) >= 11 is 1.46. The summed E-state index contributed by atoms with van der Waals surface area (Å²) in [4.78, 5) is 8.45. The third kappa shape index (κ3) is 7.38. The maximum atomic E-state index is 5.83. The van der Waals surface area contributed by atoms with Gasteiger partial charge in [0.1, 0.15) is 10.8 Å². The van der Waals surface area contributed by atoms with Crippen molar-refractivity contribution in [3.05, 3.63) is 54.4 Å². The van der Waals surface area contributed by atoms with Crippen LogP contribution in [0.25, 0.3) is 10.6 Å². The maximum Gasteiger partial charge on any atom is 0.231 e. The lowest BCUT2D eigenvalue weighted by atomic mass is 10.1. The second-order valence-corrected chi connectivity index (χ2v) is 7.88. The van der Waals surface area contributed by atoms with E-state index in [0.717, 1.165) is 34.9 Å². The van der Waals surface area contributed by atoms with E-state index in [1.807, 2.05) is 36.4 Å². The lowest BCUT2D eigenvalue weighted by Gasteiger charge is -2.06. The van der Waals surface area contributed by atoms with E-state index in [1.165, 1.54) is 49.9 Å². The van der Waals surface area contributed by atoms with Gasteiger partial charge < -0.3 is 4.74 Å². The number of unbranched alkanes of at least 4 members (excludes halogenated alkanes) is 6. The third-order valence-corrected chi connectivity index (χ3v) is 5.44. The summed E-state index contributed by atoms with van der Waals surface area (Å²) in [5.74, 6) is 0.907. The maximum absolute atomic E-state index is 5.83. The van der Waals surface area contributed by atoms with Crippen LogP contribution in [0, 0.1) is 0 Å². The molecule has 3 rings (SSSR count). The van der Waals surface area contributed by atoms with Gasteiger partial charge in [-0.2, -0.15) is 0 Å². The number of aromatic nitrogens is 3. The summed E-state index contributed by atoms with van der Waals surface area (Å²) in [6.45, 7) is 3.03. The zero-order chi connectivity index (χ0) is 20.2. The first kappa shape index (κ1) is 21.1. The molecule has 5 nitrogen and oxygen atoms in total. The van der Waals surface area contributed by atoms with E-state index in [1.54, 1.807) is 18.6 Å². The first-order valence-electron chi connectivity index (χ1n) is 10.4. The Morgan fingerprint density at radius 1 is 0.897 bits per heavy atom. The molecule has 0 aliphatic carbocycles. The predicted molar refractivity (Wildman–Crippen MR) is 120 cm³/mol. The summed E-state index contributed by atoms with van der Waals surface area (Å²) in [5, 5.41) is 9.80. The molecule has 2 aromatic heterocycles. The van der Waals surface area contributed by atoms with Gasteiger partial charge in [-0.15, -0.1) is 10.2 Å². The molecule has 0 radical (unpaired) electrons. The molecule has 0 N–H and O–H groups in total. The summed E-state index contributed by atoms with van der Waals surface area (Å²) < 4.78 is 5.83. The van der Waals surface area contributed by atoms with Gasteiger partial charge in [-0.25, -0.2) is 4.99 Å². The van der Waals surface area contributed by atoms with Crippen molar-refractivity contribution in [2.45, 2.75) is 51.9 Å². The highest BCUT2D eigenvalue weighted by Gasteiger charge is 2.04. The van der Waals surface area contributed by atoms with Crippen molar-refractivity contribution in [3.8, 4) is 16.3 Å². The summed E-state index contributed by atoms with van der Waals surface area (Å²) in [6, 6.07) is 11.8. The molecule has 0 unspecified atom stereocenters. The molecule has 0 spiro atoms. The number of nitrogens with zero attached hydrogens (tertiary/aromatic N) is 4. The van der Waals surface area contributed by atoms with Crippen LogP contribution in [0.15, 0.2) is 53.8 Å². The number of benzene rings is 1. The van der Waals surface area contributed by atoms with Gasteiger partial charge in [-0.3, -0.25) is 4.98 Å². The number of hydrogen-bond acceptors (Lipinski definition) is 6. The zero-order valence-corrected chi connectivity index (χ0v) is 17.8. The highest BCUT2D eigenvalue weighted by molar-refractivity contribution is 7.18. The fraction of sp³-hybridized carbons (Fsp3) is 0.391. The molecule has 0 amide bonds. The van der Waals surface area contributed by atoms with E-state index in [2.05, 4.69) is 27.1 Å². The monoisotopic (exact) mass is 408 g/mol. The van der Waals surface area contributed by atoms with Crippen molar-refractivity contribution >= 4 is 22.7 Å². The fourth-order valence-corrected chi connectivity index (χ4v) is 3.60. The molecular formula is C23H28N4OS. The lowest BCUT2D eigenvalue weighted by molar-refractivity contribution is 0.304. The van der Waals surface area contributed by atoms with E-state index in [9.17, 15) is 0 Å². The minimum atomic E-state index is 0.635. The van der Waals surface area contributed by atoms with Crippen LogP contribution in [0.3, 0.4) is 0 Å². The topological polar surface area (TPSA) is 60.3 Å². The second-order valence-electron chi connectivity index (χ2n) is 6.92. The van der Waals surface area contributed by atoms with Gasteiger partial charge in [0.25, 0.3) is 0 Å². The van der Waals surface area contributed by atoms with Gasteiger partial charge in [0.2, 0.25) is 5.13 Å². The molecule has 0 aliphatic rings. The first-order valence-corrected chi connectivity index (χ1v) is 11.2. The van der Waals surface area contributed by atoms with Crippen molar-refractivity contribution in [1.29, 1.82) is 0 Å². The van der Waals surface area contributed by atoms with E-state index in [-0.39, 0.29) is 0 Å². The molecule has 0 aliphatic heterocycles. The van der Waals surface area contributed by atoms with Crippen molar-refractivity contribution in [3.63, 3.8) is 0 Å². The molecule has 0 saturated carbocycles. The Balaban J connectivity index is 1.41. The number of aliphatic imine (C=N–C) groups is 1. The smallest absolute Gasteiger partial charge is 0.231 e. The predicted octanol–water partition coefficient (Wildman–Crippen LogP) is 6.48. The molecular weight excluding hydrogens is 380 g/mol. The van der Waals surface area contributed by atoms with Crippen LogP contribution in [0.4, 0.5) is 5.13 Å². The van der Waals surface area contributed by atoms with Crippen molar-refractivity contribution in [2.24, 2.45) is 4.99 Å². The zero-order valence-electron chi connectivity index (χ0n) is 17.0. The molecule has 29 heavy (non-hydrogen) atoms. The van der Waals surface area contributed by atoms with E-state index >= 15 is 0 Å². The summed E-state index contributed by atoms with van der Waals surface area (Å²) in [7, 11) is 0. The Hall–Kier alpha value is -2.60. The standard InChI is InChI=1S/C23H28N4OS/c1-2-3-4-5-6-7-8-17-28-21-11-9-19(10-12-21)18-25-23-27-26-22(29-23)20-13-15-24-16-14-20/h9-16,18H,2-8,17H2,1H3/b25-18+. The highest BCUT2D eigenvalue weighted by atomic mass is 32.1. The van der Waals surface area contributed by atoms with Crippen molar-refractivity contribution < 1.29 is 4.74 Å². The Kier molecular flexibility index (Phi) is 8.79. The van der Waals surface area contributed by atoms with Gasteiger partial charge >= 0.3 is 0 Å². The minimum Gasteiger partial charge on any atom is -0.494 e. The lowest BCUT2D eigenvalue weighted by Crippen LogP contribution is -1.97. The average Bonchev–Trinajstić information content (AvgIpc) is 3.25. The molecule has 3 aromatic rings. The second kappa shape index (κ2) is 12.1. The number of ether oxygens (including phenoxy) is 1. The summed E-state index contributed by atoms with van der Waals surface area (Å²) in [6.07, 6.45) is 14.3. The number of hydrogen-bond donors (Lipinski definition) is 0. The average molecular weight is 409 g/mol. The van der Waals surface area contributed by atoms with E-state index < -0.39 is 0 Å². The molecule has 1 aromatic carbocycles. The normalized spacial score (nSPS) is 11.2. The number of pyridine rings is 1. The minimum absolute atomic E-state index is 0.635. The molecule has 0 bridgehead atoms. The van der Waals surface area contributed by atoms with Crippen molar-refractivity contribution in [1.82, 2.24) is 15.2 Å². The van der Waals surface area contributed by atoms with Crippen LogP contribution >= 0.6 is 11.3 Å². The van der Waals surface area contributed by atoms with E-state index in [0.29, 0.717) is 5.13 Å². The van der Waals surface area contributed by atoms with E-state index in [4.69, 9.17) is 4.74 Å². The Bertz CT molecular complexity index is 862. The molecule has 0 saturated heterocycles. The van der Waals surface area contributed by atoms with Crippen LogP contribution in [0.2, 0.25) is 0 Å². The quantitative estimate of drug-likeness (QED) is 0.254. The van der Waals surface area contributed by atoms with Crippen LogP contribution < -0.4 is 4.74 Å². The van der Waals surface area contributed by atoms with Gasteiger partial charge in [0, 0.05) is 24.2 Å². The third-order valence-electron chi connectivity index (χ3n) is 4.56. The SMILES string of the molecule is CCCCCCCCCOc1ccc(/C=N/c2nnc(-c3ccncc3)s2)cc1. The van der Waals surface area contributed by atoms with Gasteiger partial charge in [-0.05, 0) is 48.4 Å². The van der Waals surface area contributed by atoms with Crippen molar-refractivity contribution in [2.75, 3.05) is 6.61 Å². The van der Waals surface area contributed by atoms with Crippen LogP contribution in [-0.2, 0) is 0 Å². The Morgan fingerprint density at radius 3 is 2.38 bits per heavy atom. The van der Waals surface area contributed by atoms with Gasteiger partial charge in [0.15, 0.2) is 0 Å². The fourth-order valence-electron chi connectivity index (χ4n) is 2.91. The molecule has 6 heteroatoms. The molecule has 2 heterocycles. The van der Waals surface area contributed by atoms with Gasteiger partial charge in [-0.1, -0.05) is 56.8 Å².